The number of rotatable bonds is 8. The highest BCUT2D eigenvalue weighted by Gasteiger charge is 2.49. The minimum Gasteiger partial charge on any atom is -0.459 e. The zero-order chi connectivity index (χ0) is 35.3. The van der Waals surface area contributed by atoms with Crippen LogP contribution >= 0.6 is 0 Å². The van der Waals surface area contributed by atoms with Gasteiger partial charge in [-0.15, -0.1) is 0 Å². The summed E-state index contributed by atoms with van der Waals surface area (Å²) in [6.07, 6.45) is -2.34. The molecule has 0 aromatic rings. The number of aliphatic hydroxyl groups is 3. The topological polar surface area (TPSA) is 181 Å². The Bertz CT molecular complexity index is 1130. The van der Waals surface area contributed by atoms with Crippen molar-refractivity contribution in [3.63, 3.8) is 0 Å². The fourth-order valence-corrected chi connectivity index (χ4v) is 6.53. The van der Waals surface area contributed by atoms with E-state index in [9.17, 15) is 24.9 Å². The molecule has 0 radical (unpaired) electrons. The first kappa shape index (κ1) is 39.0. The lowest BCUT2D eigenvalue weighted by molar-refractivity contribution is -0.315. The second-order valence-corrected chi connectivity index (χ2v) is 13.5. The van der Waals surface area contributed by atoms with Crippen LogP contribution in [-0.4, -0.2) is 140 Å². The van der Waals surface area contributed by atoms with Crippen molar-refractivity contribution in [3.05, 3.63) is 24.3 Å². The molecular weight excluding hydrogens is 632 g/mol. The van der Waals surface area contributed by atoms with E-state index in [1.165, 1.54) is 40.4 Å². The Labute approximate surface area is 282 Å². The largest absolute Gasteiger partial charge is 0.459 e. The summed E-state index contributed by atoms with van der Waals surface area (Å²) in [5.41, 5.74) is -1.73. The van der Waals surface area contributed by atoms with Gasteiger partial charge >= 0.3 is 5.97 Å². The highest BCUT2D eigenvalue weighted by molar-refractivity contribution is 5.96. The lowest BCUT2D eigenvalue weighted by Gasteiger charge is -2.43. The van der Waals surface area contributed by atoms with Gasteiger partial charge in [0.15, 0.2) is 18.4 Å². The van der Waals surface area contributed by atoms with Crippen molar-refractivity contribution in [1.82, 2.24) is 0 Å². The summed E-state index contributed by atoms with van der Waals surface area (Å²) >= 11 is 0. The summed E-state index contributed by atoms with van der Waals surface area (Å²) in [4.78, 5) is 26.3. The zero-order valence-corrected chi connectivity index (χ0v) is 29.1. The standard InChI is InChI=1S/C34H54O14/c1-17-9-12-26(36)45-19(3)21(16-43-32-28(38)24(40-6)15-18(2)44-32)29-23(47-29)10-11-25(35)34(5,39)14-13-22(17)48-33-31(42-8)30(41-7)27(37)20(4)46-33/h9-12,17-24,27-33,37-39H,13-16H2,1-8H3/b11-10+,12-9+/t17?,18-,19?,20-,21-,22+,23-,24+,27-,28-,29+,30-,31-,32-,33+,34+/m1/s1. The Morgan fingerprint density at radius 3 is 2.23 bits per heavy atom. The number of ketones is 1. The van der Waals surface area contributed by atoms with Crippen LogP contribution in [0.5, 0.6) is 0 Å². The maximum Gasteiger partial charge on any atom is 0.330 e. The van der Waals surface area contributed by atoms with Gasteiger partial charge in [-0.25, -0.2) is 4.79 Å². The molecule has 0 spiro atoms. The average Bonchev–Trinajstić information content (AvgIpc) is 3.81. The summed E-state index contributed by atoms with van der Waals surface area (Å²) in [5.74, 6) is -2.00. The highest BCUT2D eigenvalue weighted by Crippen LogP contribution is 2.36. The number of aliphatic hydroxyl groups excluding tert-OH is 2. The van der Waals surface area contributed by atoms with Crippen molar-refractivity contribution >= 4 is 11.8 Å². The third kappa shape index (κ3) is 9.49. The zero-order valence-electron chi connectivity index (χ0n) is 29.1. The minimum absolute atomic E-state index is 0.0215. The van der Waals surface area contributed by atoms with Gasteiger partial charge < -0.3 is 58.0 Å². The van der Waals surface area contributed by atoms with E-state index in [0.29, 0.717) is 6.42 Å². The Balaban J connectivity index is 1.53. The van der Waals surface area contributed by atoms with E-state index in [0.717, 1.165) is 0 Å². The molecule has 274 valence electrons. The van der Waals surface area contributed by atoms with Gasteiger partial charge in [-0.2, -0.15) is 0 Å². The molecule has 14 heteroatoms. The molecule has 2 unspecified atom stereocenters. The minimum atomic E-state index is -1.73. The molecule has 16 atom stereocenters. The van der Waals surface area contributed by atoms with Crippen molar-refractivity contribution < 1.29 is 67.5 Å². The number of carbonyl (C=O) groups excluding carboxylic acids is 2. The molecule has 4 rings (SSSR count). The van der Waals surface area contributed by atoms with Gasteiger partial charge in [0.1, 0.15) is 42.2 Å². The maximum absolute atomic E-state index is 13.2. The van der Waals surface area contributed by atoms with Gasteiger partial charge in [0.25, 0.3) is 0 Å². The first-order valence-corrected chi connectivity index (χ1v) is 16.7. The van der Waals surface area contributed by atoms with Gasteiger partial charge in [-0.3, -0.25) is 4.79 Å². The number of methoxy groups -OCH3 is 3. The molecule has 0 aliphatic carbocycles. The van der Waals surface area contributed by atoms with E-state index >= 15 is 0 Å². The quantitative estimate of drug-likeness (QED) is 0.245. The van der Waals surface area contributed by atoms with Gasteiger partial charge in [-0.05, 0) is 52.7 Å². The third-order valence-electron chi connectivity index (χ3n) is 9.85. The van der Waals surface area contributed by atoms with E-state index in [1.54, 1.807) is 26.0 Å². The van der Waals surface area contributed by atoms with Gasteiger partial charge in [0.2, 0.25) is 0 Å². The van der Waals surface area contributed by atoms with Crippen LogP contribution in [-0.2, 0) is 52.2 Å². The predicted molar refractivity (Wildman–Crippen MR) is 169 cm³/mol. The second-order valence-electron chi connectivity index (χ2n) is 13.5. The van der Waals surface area contributed by atoms with Crippen LogP contribution in [0.3, 0.4) is 0 Å². The molecule has 4 aliphatic rings. The Morgan fingerprint density at radius 1 is 0.854 bits per heavy atom. The number of cyclic esters (lactones) is 1. The van der Waals surface area contributed by atoms with Crippen molar-refractivity contribution in [3.8, 4) is 0 Å². The normalized spacial score (nSPS) is 47.5. The molecule has 3 saturated heterocycles. The first-order valence-electron chi connectivity index (χ1n) is 16.7. The number of fused-ring (bicyclic) bond motifs is 1. The van der Waals surface area contributed by atoms with Crippen LogP contribution in [0.25, 0.3) is 0 Å². The van der Waals surface area contributed by atoms with Crippen LogP contribution in [0.2, 0.25) is 0 Å². The summed E-state index contributed by atoms with van der Waals surface area (Å²) in [5, 5.41) is 32.5. The van der Waals surface area contributed by atoms with Crippen molar-refractivity contribution in [2.45, 2.75) is 139 Å². The molecule has 0 bridgehead atoms. The van der Waals surface area contributed by atoms with Gasteiger partial charge in [0.05, 0.1) is 37.1 Å². The van der Waals surface area contributed by atoms with Gasteiger partial charge in [-0.1, -0.05) is 13.0 Å². The number of hydrogen-bond donors (Lipinski definition) is 3. The third-order valence-corrected chi connectivity index (χ3v) is 9.85. The van der Waals surface area contributed by atoms with E-state index in [4.69, 9.17) is 42.6 Å². The van der Waals surface area contributed by atoms with Crippen molar-refractivity contribution in [2.24, 2.45) is 11.8 Å². The van der Waals surface area contributed by atoms with E-state index in [2.05, 4.69) is 0 Å². The van der Waals surface area contributed by atoms with E-state index in [1.807, 2.05) is 13.8 Å². The molecule has 0 aromatic carbocycles. The van der Waals surface area contributed by atoms with Crippen LogP contribution in [0, 0.1) is 11.8 Å². The number of ether oxygens (including phenoxy) is 9. The lowest BCUT2D eigenvalue weighted by atomic mass is 9.89. The Hall–Kier alpha value is -1.82. The summed E-state index contributed by atoms with van der Waals surface area (Å²) in [6, 6.07) is 0. The second kappa shape index (κ2) is 16.9. The number of carbonyl (C=O) groups is 2. The van der Waals surface area contributed by atoms with Gasteiger partial charge in [0, 0.05) is 45.7 Å². The van der Waals surface area contributed by atoms with Crippen LogP contribution in [0.4, 0.5) is 0 Å². The molecule has 3 N–H and O–H groups in total. The van der Waals surface area contributed by atoms with Crippen LogP contribution in [0.15, 0.2) is 24.3 Å². The van der Waals surface area contributed by atoms with Crippen LogP contribution in [0.1, 0.15) is 53.9 Å². The Kier molecular flexibility index (Phi) is 13.7. The number of epoxide rings is 1. The van der Waals surface area contributed by atoms with E-state index < -0.39 is 103 Å². The fourth-order valence-electron chi connectivity index (χ4n) is 6.53. The SMILES string of the molecule is CO[C@@H]1[C@H](O)[C@@H](C)O[C@@H](O[C@H]2CC[C@](C)(O)C(=O)/C=C/[C@H]3O[C@H]3[C@H](CO[C@@H]3O[C@H](C)C[C@H](OC)[C@H]3O)C(C)OC(=O)/C=C/C2C)[C@@H]1OC. The monoisotopic (exact) mass is 686 g/mol. The summed E-state index contributed by atoms with van der Waals surface area (Å²) in [6.45, 7) is 8.58. The lowest BCUT2D eigenvalue weighted by Crippen LogP contribution is -2.59. The molecule has 4 aliphatic heterocycles. The molecule has 3 fully saturated rings. The van der Waals surface area contributed by atoms with E-state index in [-0.39, 0.29) is 25.6 Å². The summed E-state index contributed by atoms with van der Waals surface area (Å²) < 4.78 is 52.3. The first-order chi connectivity index (χ1) is 22.7. The number of hydrogen-bond acceptors (Lipinski definition) is 14. The maximum atomic E-state index is 13.2. The smallest absolute Gasteiger partial charge is 0.330 e. The summed E-state index contributed by atoms with van der Waals surface area (Å²) in [7, 11) is 4.44. The highest BCUT2D eigenvalue weighted by atomic mass is 16.7. The Morgan fingerprint density at radius 2 is 1.56 bits per heavy atom. The van der Waals surface area contributed by atoms with Crippen molar-refractivity contribution in [1.29, 1.82) is 0 Å². The van der Waals surface area contributed by atoms with Crippen LogP contribution < -0.4 is 0 Å². The fraction of sp³-hybridized carbons (Fsp3) is 0.824. The molecular formula is C34H54O14. The number of esters is 1. The predicted octanol–water partition coefficient (Wildman–Crippen LogP) is 1.21. The average molecular weight is 687 g/mol. The van der Waals surface area contributed by atoms with Crippen molar-refractivity contribution in [2.75, 3.05) is 27.9 Å². The molecule has 14 nitrogen and oxygen atoms in total. The molecule has 0 aromatic heterocycles. The molecule has 48 heavy (non-hydrogen) atoms. The molecule has 0 saturated carbocycles. The molecule has 0 amide bonds. The molecule has 4 heterocycles.